The highest BCUT2D eigenvalue weighted by molar-refractivity contribution is 9.10. The first-order chi connectivity index (χ1) is 9.02. The first-order valence-corrected chi connectivity index (χ1v) is 6.90. The second-order valence-corrected chi connectivity index (χ2v) is 5.67. The van der Waals surface area contributed by atoms with E-state index in [2.05, 4.69) is 26.0 Å². The van der Waals surface area contributed by atoms with Crippen molar-refractivity contribution in [2.24, 2.45) is 11.0 Å². The van der Waals surface area contributed by atoms with E-state index in [0.29, 0.717) is 19.5 Å². The summed E-state index contributed by atoms with van der Waals surface area (Å²) in [4.78, 5) is 16.6. The Morgan fingerprint density at radius 2 is 2.11 bits per heavy atom. The van der Waals surface area contributed by atoms with Crippen molar-refractivity contribution < 1.29 is 4.79 Å². The molecule has 1 amide bonds. The van der Waals surface area contributed by atoms with Gasteiger partial charge in [0.2, 0.25) is 5.91 Å². The topological polar surface area (TPSA) is 69.1 Å². The second kappa shape index (κ2) is 5.63. The number of rotatable bonds is 3. The van der Waals surface area contributed by atoms with Crippen LogP contribution in [0, 0.1) is 19.8 Å². The summed E-state index contributed by atoms with van der Waals surface area (Å²) in [6.07, 6.45) is 0.452. The van der Waals surface area contributed by atoms with E-state index in [1.54, 1.807) is 4.90 Å². The van der Waals surface area contributed by atoms with E-state index >= 15 is 0 Å². The molecule has 1 atom stereocenters. The minimum absolute atomic E-state index is 0.0965. The Morgan fingerprint density at radius 3 is 2.68 bits per heavy atom. The molecule has 0 radical (unpaired) electrons. The zero-order chi connectivity index (χ0) is 14.0. The Morgan fingerprint density at radius 1 is 1.47 bits per heavy atom. The second-order valence-electron chi connectivity index (χ2n) is 4.88. The maximum atomic E-state index is 12.0. The van der Waals surface area contributed by atoms with Crippen LogP contribution >= 0.6 is 15.9 Å². The summed E-state index contributed by atoms with van der Waals surface area (Å²) in [5, 5.41) is 3.56. The molecule has 1 unspecified atom stereocenters. The first-order valence-electron chi connectivity index (χ1n) is 6.11. The molecule has 1 heterocycles. The number of anilines is 1. The number of carbonyl (C=O) groups excluding carboxylic acids is 1. The van der Waals surface area contributed by atoms with Crippen molar-refractivity contribution in [1.29, 1.82) is 0 Å². The standard InChI is InChI=1S/C13H15BrN4O/c1-8-3-11(4-9(2)13(8)14)18-7-10(5-12(18)19)6-16-17-15/h3-4,10H,5-7H2,1-2H3. The smallest absolute Gasteiger partial charge is 0.227 e. The number of amides is 1. The Kier molecular flexibility index (Phi) is 4.12. The number of halogens is 1. The summed E-state index contributed by atoms with van der Waals surface area (Å²) in [7, 11) is 0. The molecule has 1 saturated heterocycles. The van der Waals surface area contributed by atoms with Gasteiger partial charge in [-0.25, -0.2) is 0 Å². The molecule has 1 aliphatic heterocycles. The van der Waals surface area contributed by atoms with Gasteiger partial charge in [0.25, 0.3) is 0 Å². The highest BCUT2D eigenvalue weighted by Crippen LogP contribution is 2.31. The fraction of sp³-hybridized carbons (Fsp3) is 0.462. The summed E-state index contributed by atoms with van der Waals surface area (Å²) in [5.74, 6) is 0.215. The van der Waals surface area contributed by atoms with E-state index in [4.69, 9.17) is 5.53 Å². The number of hydrogen-bond acceptors (Lipinski definition) is 2. The SMILES string of the molecule is Cc1cc(N2CC(CN=[N+]=[N-])CC2=O)cc(C)c1Br. The third kappa shape index (κ3) is 2.91. The molecule has 19 heavy (non-hydrogen) atoms. The molecule has 1 fully saturated rings. The minimum Gasteiger partial charge on any atom is -0.312 e. The number of azide groups is 1. The van der Waals surface area contributed by atoms with Gasteiger partial charge in [-0.05, 0) is 48.6 Å². The van der Waals surface area contributed by atoms with Gasteiger partial charge in [-0.2, -0.15) is 0 Å². The van der Waals surface area contributed by atoms with E-state index in [0.717, 1.165) is 21.3 Å². The minimum atomic E-state index is 0.0965. The zero-order valence-corrected chi connectivity index (χ0v) is 12.5. The maximum Gasteiger partial charge on any atom is 0.227 e. The van der Waals surface area contributed by atoms with Crippen molar-refractivity contribution >= 4 is 27.5 Å². The molecule has 0 N–H and O–H groups in total. The largest absolute Gasteiger partial charge is 0.312 e. The summed E-state index contributed by atoms with van der Waals surface area (Å²) in [6.45, 7) is 5.03. The van der Waals surface area contributed by atoms with Gasteiger partial charge in [-0.15, -0.1) is 0 Å². The Hall–Kier alpha value is -1.52. The quantitative estimate of drug-likeness (QED) is 0.475. The van der Waals surface area contributed by atoms with Crippen molar-refractivity contribution in [3.05, 3.63) is 38.2 Å². The lowest BCUT2D eigenvalue weighted by atomic mass is 10.1. The molecule has 2 rings (SSSR count). The molecule has 0 bridgehead atoms. The van der Waals surface area contributed by atoms with Gasteiger partial charge in [-0.3, -0.25) is 4.79 Å². The number of carbonyl (C=O) groups is 1. The van der Waals surface area contributed by atoms with Gasteiger partial charge in [-0.1, -0.05) is 21.0 Å². The van der Waals surface area contributed by atoms with Gasteiger partial charge >= 0.3 is 0 Å². The molecule has 100 valence electrons. The average Bonchev–Trinajstić information content (AvgIpc) is 2.74. The predicted molar refractivity (Wildman–Crippen MR) is 78.1 cm³/mol. The first kappa shape index (κ1) is 13.9. The molecule has 0 spiro atoms. The van der Waals surface area contributed by atoms with Crippen LogP contribution in [0.5, 0.6) is 0 Å². The van der Waals surface area contributed by atoms with Crippen LogP contribution in [0.15, 0.2) is 21.7 Å². The summed E-state index contributed by atoms with van der Waals surface area (Å²) in [6, 6.07) is 4.01. The van der Waals surface area contributed by atoms with Gasteiger partial charge in [0.15, 0.2) is 0 Å². The molecule has 0 saturated carbocycles. The van der Waals surface area contributed by atoms with E-state index in [1.807, 2.05) is 26.0 Å². The van der Waals surface area contributed by atoms with E-state index in [9.17, 15) is 4.79 Å². The average molecular weight is 323 g/mol. The van der Waals surface area contributed by atoms with Crippen molar-refractivity contribution in [2.75, 3.05) is 18.0 Å². The highest BCUT2D eigenvalue weighted by Gasteiger charge is 2.30. The molecule has 1 aliphatic rings. The molecular weight excluding hydrogens is 308 g/mol. The molecule has 5 nitrogen and oxygen atoms in total. The van der Waals surface area contributed by atoms with Crippen LogP contribution in [-0.2, 0) is 4.79 Å². The van der Waals surface area contributed by atoms with Crippen LogP contribution in [0.2, 0.25) is 0 Å². The van der Waals surface area contributed by atoms with Crippen molar-refractivity contribution in [3.63, 3.8) is 0 Å². The van der Waals surface area contributed by atoms with Crippen LogP contribution in [-0.4, -0.2) is 19.0 Å². The zero-order valence-electron chi connectivity index (χ0n) is 10.9. The normalized spacial score (nSPS) is 18.6. The summed E-state index contributed by atoms with van der Waals surface area (Å²) < 4.78 is 1.08. The maximum absolute atomic E-state index is 12.0. The molecule has 0 aromatic heterocycles. The number of hydrogen-bond donors (Lipinski definition) is 0. The summed E-state index contributed by atoms with van der Waals surface area (Å²) >= 11 is 3.52. The monoisotopic (exact) mass is 322 g/mol. The number of aryl methyl sites for hydroxylation is 2. The molecule has 0 aliphatic carbocycles. The van der Waals surface area contributed by atoms with Crippen LogP contribution in [0.1, 0.15) is 17.5 Å². The number of nitrogens with zero attached hydrogens (tertiary/aromatic N) is 4. The van der Waals surface area contributed by atoms with Crippen molar-refractivity contribution in [3.8, 4) is 0 Å². The molecule has 1 aromatic rings. The van der Waals surface area contributed by atoms with Crippen LogP contribution in [0.4, 0.5) is 5.69 Å². The Labute approximate surface area is 120 Å². The van der Waals surface area contributed by atoms with Gasteiger partial charge < -0.3 is 4.90 Å². The summed E-state index contributed by atoms with van der Waals surface area (Å²) in [5.41, 5.74) is 11.5. The Balaban J connectivity index is 2.23. The lowest BCUT2D eigenvalue weighted by Gasteiger charge is -2.18. The molecule has 1 aromatic carbocycles. The van der Waals surface area contributed by atoms with Crippen LogP contribution in [0.3, 0.4) is 0 Å². The van der Waals surface area contributed by atoms with Crippen molar-refractivity contribution in [2.45, 2.75) is 20.3 Å². The van der Waals surface area contributed by atoms with Gasteiger partial charge in [0, 0.05) is 34.6 Å². The fourth-order valence-corrected chi connectivity index (χ4v) is 2.61. The van der Waals surface area contributed by atoms with E-state index in [1.165, 1.54) is 0 Å². The fourth-order valence-electron chi connectivity index (χ4n) is 2.38. The van der Waals surface area contributed by atoms with Crippen LogP contribution in [0.25, 0.3) is 10.4 Å². The lowest BCUT2D eigenvalue weighted by molar-refractivity contribution is -0.117. The highest BCUT2D eigenvalue weighted by atomic mass is 79.9. The van der Waals surface area contributed by atoms with Crippen molar-refractivity contribution in [1.82, 2.24) is 0 Å². The third-order valence-corrected chi connectivity index (χ3v) is 4.59. The Bertz CT molecular complexity index is 543. The van der Waals surface area contributed by atoms with Crippen LogP contribution < -0.4 is 4.90 Å². The molecule has 6 heteroatoms. The molecular formula is C13H15BrN4O. The van der Waals surface area contributed by atoms with Gasteiger partial charge in [0.05, 0.1) is 0 Å². The number of benzene rings is 1. The van der Waals surface area contributed by atoms with Gasteiger partial charge in [0.1, 0.15) is 0 Å². The lowest BCUT2D eigenvalue weighted by Crippen LogP contribution is -2.25. The third-order valence-electron chi connectivity index (χ3n) is 3.34. The van der Waals surface area contributed by atoms with E-state index in [-0.39, 0.29) is 11.8 Å². The van der Waals surface area contributed by atoms with E-state index < -0.39 is 0 Å². The predicted octanol–water partition coefficient (Wildman–Crippen LogP) is 3.73.